The topological polar surface area (TPSA) is 58.4 Å². The largest absolute Gasteiger partial charge is 0.399 e. The van der Waals surface area contributed by atoms with Gasteiger partial charge in [-0.15, -0.1) is 0 Å². The molecule has 1 atom stereocenters. The number of aryl methyl sites for hydroxylation is 1. The van der Waals surface area contributed by atoms with Gasteiger partial charge in [0, 0.05) is 31.5 Å². The predicted octanol–water partition coefficient (Wildman–Crippen LogP) is 1.54. The van der Waals surface area contributed by atoms with Crippen LogP contribution in [-0.2, 0) is 4.79 Å². The highest BCUT2D eigenvalue weighted by atomic mass is 16.2. The fraction of sp³-hybridized carbons (Fsp3) is 0.500. The van der Waals surface area contributed by atoms with Crippen LogP contribution in [0.4, 0.5) is 11.4 Å². The zero-order valence-corrected chi connectivity index (χ0v) is 11.3. The van der Waals surface area contributed by atoms with Gasteiger partial charge in [-0.1, -0.05) is 0 Å². The Balaban J connectivity index is 2.20. The molecular weight excluding hydrogens is 226 g/mol. The summed E-state index contributed by atoms with van der Waals surface area (Å²) in [5, 5.41) is 2.75. The van der Waals surface area contributed by atoms with E-state index in [0.717, 1.165) is 36.4 Å². The Labute approximate surface area is 108 Å². The molecular formula is C14H21N3O. The lowest BCUT2D eigenvalue weighted by Gasteiger charge is -2.24. The molecule has 1 aromatic carbocycles. The van der Waals surface area contributed by atoms with Crippen molar-refractivity contribution >= 4 is 17.3 Å². The Bertz CT molecular complexity index is 452. The first kappa shape index (κ1) is 12.7. The van der Waals surface area contributed by atoms with E-state index < -0.39 is 0 Å². The number of amides is 1. The van der Waals surface area contributed by atoms with Crippen LogP contribution in [0.15, 0.2) is 18.2 Å². The molecule has 0 bridgehead atoms. The quantitative estimate of drug-likeness (QED) is 0.779. The smallest absolute Gasteiger partial charge is 0.227 e. The summed E-state index contributed by atoms with van der Waals surface area (Å²) in [6, 6.07) is 6.05. The molecule has 4 heteroatoms. The molecule has 1 aliphatic rings. The van der Waals surface area contributed by atoms with E-state index in [0.29, 0.717) is 0 Å². The van der Waals surface area contributed by atoms with E-state index in [1.807, 2.05) is 26.0 Å². The number of nitrogens with two attached hydrogens (primary N) is 1. The Morgan fingerprint density at radius 1 is 1.44 bits per heavy atom. The van der Waals surface area contributed by atoms with Crippen molar-refractivity contribution in [1.29, 1.82) is 0 Å². The molecule has 18 heavy (non-hydrogen) atoms. The van der Waals surface area contributed by atoms with Crippen LogP contribution >= 0.6 is 0 Å². The van der Waals surface area contributed by atoms with Crippen LogP contribution in [0.3, 0.4) is 0 Å². The van der Waals surface area contributed by atoms with E-state index in [9.17, 15) is 4.79 Å². The van der Waals surface area contributed by atoms with Crippen molar-refractivity contribution in [2.24, 2.45) is 5.41 Å². The SMILES string of the molecule is CNC(=O)C1(C)CCN(c2cc(C)cc(N)c2)C1. The van der Waals surface area contributed by atoms with Gasteiger partial charge in [0.1, 0.15) is 0 Å². The summed E-state index contributed by atoms with van der Waals surface area (Å²) in [6.45, 7) is 5.70. The molecule has 1 amide bonds. The summed E-state index contributed by atoms with van der Waals surface area (Å²) in [6.07, 6.45) is 0.876. The van der Waals surface area contributed by atoms with Gasteiger partial charge < -0.3 is 16.0 Å². The average molecular weight is 247 g/mol. The normalized spacial score (nSPS) is 23.2. The third-order valence-corrected chi connectivity index (χ3v) is 3.70. The van der Waals surface area contributed by atoms with E-state index in [1.165, 1.54) is 0 Å². The van der Waals surface area contributed by atoms with E-state index in [1.54, 1.807) is 7.05 Å². The number of benzene rings is 1. The lowest BCUT2D eigenvalue weighted by Crippen LogP contribution is -2.39. The van der Waals surface area contributed by atoms with Crippen molar-refractivity contribution < 1.29 is 4.79 Å². The van der Waals surface area contributed by atoms with E-state index in [2.05, 4.69) is 16.3 Å². The molecule has 0 radical (unpaired) electrons. The molecule has 1 fully saturated rings. The highest BCUT2D eigenvalue weighted by Crippen LogP contribution is 2.34. The molecule has 2 rings (SSSR count). The molecule has 1 saturated heterocycles. The van der Waals surface area contributed by atoms with E-state index in [-0.39, 0.29) is 11.3 Å². The van der Waals surface area contributed by atoms with Crippen molar-refractivity contribution in [2.45, 2.75) is 20.3 Å². The second-order valence-corrected chi connectivity index (χ2v) is 5.41. The maximum atomic E-state index is 11.9. The van der Waals surface area contributed by atoms with E-state index in [4.69, 9.17) is 5.73 Å². The summed E-state index contributed by atoms with van der Waals surface area (Å²) in [4.78, 5) is 14.1. The molecule has 98 valence electrons. The summed E-state index contributed by atoms with van der Waals surface area (Å²) >= 11 is 0. The summed E-state index contributed by atoms with van der Waals surface area (Å²) in [5.41, 5.74) is 8.62. The predicted molar refractivity (Wildman–Crippen MR) is 74.6 cm³/mol. The third kappa shape index (κ3) is 2.28. The fourth-order valence-corrected chi connectivity index (χ4v) is 2.64. The zero-order valence-electron chi connectivity index (χ0n) is 11.3. The van der Waals surface area contributed by atoms with Gasteiger partial charge in [-0.3, -0.25) is 4.79 Å². The van der Waals surface area contributed by atoms with Crippen LogP contribution in [0.25, 0.3) is 0 Å². The lowest BCUT2D eigenvalue weighted by molar-refractivity contribution is -0.128. The minimum absolute atomic E-state index is 0.116. The molecule has 0 saturated carbocycles. The van der Waals surface area contributed by atoms with Crippen LogP contribution < -0.4 is 16.0 Å². The van der Waals surface area contributed by atoms with Crippen LogP contribution in [0.1, 0.15) is 18.9 Å². The number of nitrogen functional groups attached to an aromatic ring is 1. The van der Waals surface area contributed by atoms with Gasteiger partial charge >= 0.3 is 0 Å². The molecule has 4 nitrogen and oxygen atoms in total. The number of carbonyl (C=O) groups is 1. The van der Waals surface area contributed by atoms with Gasteiger partial charge in [-0.2, -0.15) is 0 Å². The van der Waals surface area contributed by atoms with Gasteiger partial charge in [-0.25, -0.2) is 0 Å². The Hall–Kier alpha value is -1.71. The number of rotatable bonds is 2. The van der Waals surface area contributed by atoms with Crippen LogP contribution in [0.5, 0.6) is 0 Å². The van der Waals surface area contributed by atoms with Crippen LogP contribution in [-0.4, -0.2) is 26.0 Å². The molecule has 1 unspecified atom stereocenters. The van der Waals surface area contributed by atoms with Gasteiger partial charge in [0.15, 0.2) is 0 Å². The first-order valence-electron chi connectivity index (χ1n) is 6.29. The van der Waals surface area contributed by atoms with Gasteiger partial charge in [-0.05, 0) is 44.0 Å². The van der Waals surface area contributed by atoms with E-state index >= 15 is 0 Å². The second kappa shape index (κ2) is 4.52. The van der Waals surface area contributed by atoms with Crippen molar-refractivity contribution in [1.82, 2.24) is 5.32 Å². The van der Waals surface area contributed by atoms with Crippen LogP contribution in [0.2, 0.25) is 0 Å². The molecule has 1 aliphatic heterocycles. The second-order valence-electron chi connectivity index (χ2n) is 5.41. The number of hydrogen-bond acceptors (Lipinski definition) is 3. The highest BCUT2D eigenvalue weighted by Gasteiger charge is 2.39. The van der Waals surface area contributed by atoms with Gasteiger partial charge in [0.25, 0.3) is 0 Å². The van der Waals surface area contributed by atoms with Crippen LogP contribution in [0, 0.1) is 12.3 Å². The monoisotopic (exact) mass is 247 g/mol. The fourth-order valence-electron chi connectivity index (χ4n) is 2.64. The Morgan fingerprint density at radius 2 is 2.17 bits per heavy atom. The molecule has 1 aromatic rings. The Kier molecular flexibility index (Phi) is 3.20. The lowest BCUT2D eigenvalue weighted by atomic mass is 9.89. The first-order chi connectivity index (χ1) is 8.44. The molecule has 0 spiro atoms. The number of hydrogen-bond donors (Lipinski definition) is 2. The summed E-state index contributed by atoms with van der Waals surface area (Å²) in [5.74, 6) is 0.116. The van der Waals surface area contributed by atoms with Crippen molar-refractivity contribution in [3.63, 3.8) is 0 Å². The van der Waals surface area contributed by atoms with Crippen molar-refractivity contribution in [3.05, 3.63) is 23.8 Å². The maximum Gasteiger partial charge on any atom is 0.227 e. The van der Waals surface area contributed by atoms with Crippen molar-refractivity contribution in [3.8, 4) is 0 Å². The number of carbonyl (C=O) groups excluding carboxylic acids is 1. The molecule has 1 heterocycles. The minimum atomic E-state index is -0.298. The first-order valence-corrected chi connectivity index (χ1v) is 6.29. The van der Waals surface area contributed by atoms with Crippen molar-refractivity contribution in [2.75, 3.05) is 30.8 Å². The number of nitrogens with one attached hydrogen (secondary N) is 1. The Morgan fingerprint density at radius 3 is 2.78 bits per heavy atom. The summed E-state index contributed by atoms with van der Waals surface area (Å²) < 4.78 is 0. The molecule has 0 aliphatic carbocycles. The number of anilines is 2. The van der Waals surface area contributed by atoms with Gasteiger partial charge in [0.2, 0.25) is 5.91 Å². The average Bonchev–Trinajstić information content (AvgIpc) is 2.71. The minimum Gasteiger partial charge on any atom is -0.399 e. The molecule has 3 N–H and O–H groups in total. The number of nitrogens with zero attached hydrogens (tertiary/aromatic N) is 1. The van der Waals surface area contributed by atoms with Gasteiger partial charge in [0.05, 0.1) is 5.41 Å². The molecule has 0 aromatic heterocycles. The highest BCUT2D eigenvalue weighted by molar-refractivity contribution is 5.83. The third-order valence-electron chi connectivity index (χ3n) is 3.70. The zero-order chi connectivity index (χ0) is 13.3. The maximum absolute atomic E-state index is 11.9. The summed E-state index contributed by atoms with van der Waals surface area (Å²) in [7, 11) is 1.70. The standard InChI is InChI=1S/C14H21N3O/c1-10-6-11(15)8-12(7-10)17-5-4-14(2,9-17)13(18)16-3/h6-8H,4-5,9,15H2,1-3H3,(H,16,18).